The average Bonchev–Trinajstić information content (AvgIpc) is 3.30. The maximum absolute atomic E-state index is 12.6. The first-order valence-electron chi connectivity index (χ1n) is 23.0. The van der Waals surface area contributed by atoms with Crippen LogP contribution in [-0.4, -0.2) is 121 Å². The number of aromatic hydroxyl groups is 1. The molecule has 8 aromatic rings. The minimum Gasteiger partial charge on any atom is -0.493 e. The van der Waals surface area contributed by atoms with E-state index in [-0.39, 0.29) is 113 Å². The monoisotopic (exact) mass is 1300 g/mol. The number of nitrogens with zero attached hydrogens (tertiary/aromatic N) is 10. The number of benzene rings is 5. The molecular weight excluding hydrogens is 1260 g/mol. The molecule has 0 saturated carbocycles. The smallest absolute Gasteiger partial charge is 0.296 e. The van der Waals surface area contributed by atoms with Gasteiger partial charge in [0.05, 0.1) is 60.7 Å². The van der Waals surface area contributed by atoms with E-state index in [0.29, 0.717) is 34.6 Å². The second-order valence-corrected chi connectivity index (χ2v) is 28.7. The Balaban J connectivity index is 1.21. The maximum Gasteiger partial charge on any atom is 0.296 e. The normalized spacial score (nSPS) is 13.3. The van der Waals surface area contributed by atoms with Crippen molar-refractivity contribution in [1.82, 2.24) is 14.4 Å². The quantitative estimate of drug-likeness (QED) is 0.0162. The first-order chi connectivity index (χ1) is 38.4. The summed E-state index contributed by atoms with van der Waals surface area (Å²) < 4.78 is 210. The fourth-order valence-corrected chi connectivity index (χ4v) is 14.1. The largest absolute Gasteiger partial charge is 0.493 e. The van der Waals surface area contributed by atoms with Crippen LogP contribution in [0.2, 0.25) is 0 Å². The van der Waals surface area contributed by atoms with Crippen molar-refractivity contribution in [3.05, 3.63) is 82.4 Å². The van der Waals surface area contributed by atoms with Crippen LogP contribution in [0.5, 0.6) is 11.6 Å². The number of aryl methyl sites for hydroxylation is 3. The fraction of sp³-hybridized carbons (Fsp3) is 0.222. The van der Waals surface area contributed by atoms with Crippen LogP contribution in [0.4, 0.5) is 33.6 Å². The van der Waals surface area contributed by atoms with E-state index >= 15 is 0 Å². The summed E-state index contributed by atoms with van der Waals surface area (Å²) in [6.45, 7) is 5.61. The van der Waals surface area contributed by atoms with Gasteiger partial charge in [0.15, 0.2) is 11.3 Å². The van der Waals surface area contributed by atoms with E-state index in [0.717, 1.165) is 28.3 Å². The van der Waals surface area contributed by atoms with Crippen molar-refractivity contribution in [3.63, 3.8) is 0 Å². The first-order valence-corrected chi connectivity index (χ1v) is 33.8. The number of pyridine rings is 1. The zero-order valence-corrected chi connectivity index (χ0v) is 49.1. The van der Waals surface area contributed by atoms with Gasteiger partial charge in [0.25, 0.3) is 60.7 Å². The molecule has 0 saturated heterocycles. The van der Waals surface area contributed by atoms with Crippen LogP contribution in [0.15, 0.2) is 110 Å². The van der Waals surface area contributed by atoms with E-state index in [2.05, 4.69) is 40.7 Å². The maximum atomic E-state index is 12.6. The lowest BCUT2D eigenvalue weighted by molar-refractivity contribution is 0.317. The van der Waals surface area contributed by atoms with Crippen molar-refractivity contribution in [1.29, 1.82) is 5.26 Å². The van der Waals surface area contributed by atoms with E-state index in [4.69, 9.17) is 4.74 Å². The molecule has 8 rings (SSSR count). The van der Waals surface area contributed by atoms with Gasteiger partial charge >= 0.3 is 0 Å². The molecule has 0 radical (unpaired) electrons. The SMILES string of the molecule is Cc1cc(N=Nc2cc(OCCCS(=O)(=O)O)c(N=Nc3c(C)c(C#N)c4nc5ccc(S(=O)(=O)O)c(C)c5n4c3O)cc2C)c(SCCCS(=O)(=O)O)cc1N=Nc1nc2c(S(=O)(=O)O)cc3c(S(=O)(=O)O)cc(S(=O)(=O)O)cc3c2s1. The number of hydrogen-bond acceptors (Lipinski definition) is 25. The van der Waals surface area contributed by atoms with Gasteiger partial charge in [0, 0.05) is 27.3 Å². The topological polar surface area (TPSA) is 484 Å². The predicted octanol–water partition coefficient (Wildman–Crippen LogP) is 9.32. The summed E-state index contributed by atoms with van der Waals surface area (Å²) in [4.78, 5) is 5.22. The number of nitriles is 1. The molecule has 0 aliphatic heterocycles. The third-order valence-corrected chi connectivity index (χ3v) is 19.4. The second-order valence-electron chi connectivity index (χ2n) is 17.9. The Bertz CT molecular complexity index is 4950. The second kappa shape index (κ2) is 22.8. The highest BCUT2D eigenvalue weighted by Crippen LogP contribution is 2.45. The van der Waals surface area contributed by atoms with Crippen LogP contribution < -0.4 is 4.74 Å². The molecule has 0 aliphatic rings. The van der Waals surface area contributed by atoms with Gasteiger partial charge in [-0.1, -0.05) is 11.3 Å². The van der Waals surface area contributed by atoms with Crippen molar-refractivity contribution >= 4 is 155 Å². The predicted molar refractivity (Wildman–Crippen MR) is 298 cm³/mol. The molecule has 5 aromatic carbocycles. The fourth-order valence-electron chi connectivity index (χ4n) is 8.26. The summed E-state index contributed by atoms with van der Waals surface area (Å²) >= 11 is 1.58. The van der Waals surface area contributed by atoms with Crippen LogP contribution in [0.3, 0.4) is 0 Å². The molecule has 0 bridgehead atoms. The summed E-state index contributed by atoms with van der Waals surface area (Å²) in [5, 5.41) is 46.4. The van der Waals surface area contributed by atoms with Gasteiger partial charge in [0.2, 0.25) is 11.0 Å². The number of ether oxygens (including phenoxy) is 1. The number of imidazole rings is 1. The molecule has 0 fully saturated rings. The van der Waals surface area contributed by atoms with E-state index in [9.17, 15) is 88.2 Å². The Labute approximate surface area is 478 Å². The number of aromatic nitrogens is 3. The minimum atomic E-state index is -5.31. The summed E-state index contributed by atoms with van der Waals surface area (Å²) in [5.74, 6) is -1.99. The minimum absolute atomic E-state index is 0.0197. The standard InChI is InChI=1S/C45H40N10O20S8/c1-21-13-32(51-53-39-23(3)28(20-46)43-47-29-7-8-36(81(66,67)68)24(4)41(29)55(43)44(39)56)34(75-9-5-11-78(57,58)59)18-30(21)49-52-33-14-22(2)31(19-35(33)76-10-6-12-79(60,61)62)50-54-45-48-40-38(83(72,73)74)17-26-27(42(40)77-45)15-25(80(63,64)65)16-37(26)82(69,70)71/h7-8,13-19,56H,5-6,9-12H2,1-4H3,(H,57,58,59)(H,60,61,62)(H,63,64,65)(H,66,67,68)(H,69,70,71)(H,72,73,74). The van der Waals surface area contributed by atoms with Gasteiger partial charge in [-0.3, -0.25) is 31.7 Å². The molecule has 3 aromatic heterocycles. The van der Waals surface area contributed by atoms with Crippen molar-refractivity contribution in [2.75, 3.05) is 23.9 Å². The molecule has 0 atom stereocenters. The lowest BCUT2D eigenvalue weighted by atomic mass is 10.1. The number of hydrogen-bond donors (Lipinski definition) is 7. The third-order valence-electron chi connectivity index (χ3n) is 12.1. The molecule has 7 N–H and O–H groups in total. The van der Waals surface area contributed by atoms with Gasteiger partial charge in [-0.05, 0) is 112 Å². The van der Waals surface area contributed by atoms with Gasteiger partial charge in [0.1, 0.15) is 38.4 Å². The number of rotatable bonds is 20. The van der Waals surface area contributed by atoms with E-state index in [1.54, 1.807) is 13.8 Å². The van der Waals surface area contributed by atoms with Gasteiger partial charge in [-0.15, -0.1) is 37.3 Å². The molecule has 3 heterocycles. The lowest BCUT2D eigenvalue weighted by Gasteiger charge is -2.12. The Morgan fingerprint density at radius 3 is 1.83 bits per heavy atom. The molecule has 0 unspecified atom stereocenters. The molecule has 38 heteroatoms. The zero-order chi connectivity index (χ0) is 61.1. The van der Waals surface area contributed by atoms with E-state index in [1.807, 2.05) is 6.07 Å². The van der Waals surface area contributed by atoms with Gasteiger partial charge < -0.3 is 9.84 Å². The molecule has 0 aliphatic carbocycles. The van der Waals surface area contributed by atoms with Gasteiger partial charge in [-0.2, -0.15) is 60.9 Å². The molecular formula is C45H40N10O20S8. The van der Waals surface area contributed by atoms with E-state index in [1.165, 1.54) is 44.2 Å². The highest BCUT2D eigenvalue weighted by Gasteiger charge is 2.29. The lowest BCUT2D eigenvalue weighted by Crippen LogP contribution is -2.08. The first kappa shape index (κ1) is 62.0. The number of thiazole rings is 1. The Morgan fingerprint density at radius 2 is 1.22 bits per heavy atom. The Kier molecular flexibility index (Phi) is 17.0. The van der Waals surface area contributed by atoms with Crippen LogP contribution >= 0.6 is 23.1 Å². The summed E-state index contributed by atoms with van der Waals surface area (Å²) in [5.41, 5.74) is 0.270. The summed E-state index contributed by atoms with van der Waals surface area (Å²) in [7, 11) is -29.2. The summed E-state index contributed by atoms with van der Waals surface area (Å²) in [6.07, 6.45) is -0.289. The number of fused-ring (bicyclic) bond motifs is 6. The molecule has 0 spiro atoms. The van der Waals surface area contributed by atoms with Crippen molar-refractivity contribution in [2.45, 2.75) is 65.0 Å². The highest BCUT2D eigenvalue weighted by atomic mass is 32.2. The molecule has 83 heavy (non-hydrogen) atoms. The molecule has 438 valence electrons. The van der Waals surface area contributed by atoms with E-state index < -0.39 is 109 Å². The van der Waals surface area contributed by atoms with Crippen molar-refractivity contribution in [3.8, 4) is 17.7 Å². The third kappa shape index (κ3) is 13.6. The summed E-state index contributed by atoms with van der Waals surface area (Å²) in [6, 6.07) is 11.9. The Hall–Kier alpha value is -7.10. The number of thioether (sulfide) groups is 1. The van der Waals surface area contributed by atoms with Gasteiger partial charge in [-0.25, -0.2) is 9.97 Å². The van der Waals surface area contributed by atoms with Crippen LogP contribution in [0.1, 0.15) is 40.7 Å². The highest BCUT2D eigenvalue weighted by molar-refractivity contribution is 7.99. The number of azo groups is 3. The average molecular weight is 1300 g/mol. The zero-order valence-electron chi connectivity index (χ0n) is 42.6. The Morgan fingerprint density at radius 1 is 0.627 bits per heavy atom. The van der Waals surface area contributed by atoms with Crippen LogP contribution in [0.25, 0.3) is 37.7 Å². The molecule has 30 nitrogen and oxygen atoms in total. The van der Waals surface area contributed by atoms with Crippen LogP contribution in [-0.2, 0) is 60.7 Å². The van der Waals surface area contributed by atoms with Crippen molar-refractivity contribution < 1.29 is 87.7 Å². The molecule has 0 amide bonds. The van der Waals surface area contributed by atoms with Crippen LogP contribution in [0, 0.1) is 39.0 Å². The van der Waals surface area contributed by atoms with Crippen molar-refractivity contribution in [2.24, 2.45) is 30.7 Å².